The zero-order chi connectivity index (χ0) is 11.5. The van der Waals surface area contributed by atoms with Gasteiger partial charge in [0.2, 0.25) is 0 Å². The van der Waals surface area contributed by atoms with Crippen LogP contribution in [-0.2, 0) is 4.74 Å². The van der Waals surface area contributed by atoms with Crippen molar-refractivity contribution in [2.75, 3.05) is 6.61 Å². The molecule has 0 heterocycles. The molecule has 1 saturated carbocycles. The standard InChI is InChI=1S/C13H26O2/c1-10(2)12(14)13(3,4)9-15-11-7-5-6-8-11/h10-12,14H,5-9H2,1-4H3. The van der Waals surface area contributed by atoms with Crippen LogP contribution in [0.25, 0.3) is 0 Å². The number of hydrogen-bond acceptors (Lipinski definition) is 2. The van der Waals surface area contributed by atoms with Gasteiger partial charge in [-0.15, -0.1) is 0 Å². The maximum Gasteiger partial charge on any atom is 0.0636 e. The van der Waals surface area contributed by atoms with E-state index in [-0.39, 0.29) is 11.5 Å². The molecule has 0 aromatic rings. The van der Waals surface area contributed by atoms with Gasteiger partial charge in [0.25, 0.3) is 0 Å². The van der Waals surface area contributed by atoms with Crippen LogP contribution in [-0.4, -0.2) is 23.9 Å². The van der Waals surface area contributed by atoms with E-state index >= 15 is 0 Å². The second-order valence-electron chi connectivity index (χ2n) is 5.89. The molecule has 0 amide bonds. The Kier molecular flexibility index (Phi) is 4.60. The molecule has 1 aliphatic rings. The van der Waals surface area contributed by atoms with Crippen LogP contribution in [0.2, 0.25) is 0 Å². The van der Waals surface area contributed by atoms with Gasteiger partial charge >= 0.3 is 0 Å². The van der Waals surface area contributed by atoms with Gasteiger partial charge in [-0.3, -0.25) is 0 Å². The van der Waals surface area contributed by atoms with Crippen molar-refractivity contribution in [1.82, 2.24) is 0 Å². The van der Waals surface area contributed by atoms with Crippen molar-refractivity contribution in [1.29, 1.82) is 0 Å². The van der Waals surface area contributed by atoms with Gasteiger partial charge in [0, 0.05) is 5.41 Å². The molecule has 1 N–H and O–H groups in total. The van der Waals surface area contributed by atoms with E-state index < -0.39 is 0 Å². The van der Waals surface area contributed by atoms with Crippen LogP contribution in [0.4, 0.5) is 0 Å². The molecule has 15 heavy (non-hydrogen) atoms. The van der Waals surface area contributed by atoms with Gasteiger partial charge < -0.3 is 9.84 Å². The first-order valence-electron chi connectivity index (χ1n) is 6.23. The first kappa shape index (κ1) is 13.0. The van der Waals surface area contributed by atoms with Crippen LogP contribution in [0.3, 0.4) is 0 Å². The normalized spacial score (nSPS) is 21.2. The molecule has 1 atom stereocenters. The fourth-order valence-electron chi connectivity index (χ4n) is 2.38. The summed E-state index contributed by atoms with van der Waals surface area (Å²) in [4.78, 5) is 0. The van der Waals surface area contributed by atoms with Gasteiger partial charge in [-0.2, -0.15) is 0 Å². The molecular weight excluding hydrogens is 188 g/mol. The number of aliphatic hydroxyl groups is 1. The Morgan fingerprint density at radius 1 is 1.27 bits per heavy atom. The minimum Gasteiger partial charge on any atom is -0.392 e. The first-order chi connectivity index (χ1) is 6.93. The maximum absolute atomic E-state index is 10.0. The molecule has 0 aromatic heterocycles. The van der Waals surface area contributed by atoms with Crippen molar-refractivity contribution in [2.45, 2.75) is 65.6 Å². The van der Waals surface area contributed by atoms with Gasteiger partial charge in [-0.1, -0.05) is 40.5 Å². The van der Waals surface area contributed by atoms with E-state index in [4.69, 9.17) is 4.74 Å². The summed E-state index contributed by atoms with van der Waals surface area (Å²) in [6, 6.07) is 0. The third-order valence-corrected chi connectivity index (χ3v) is 3.43. The molecule has 1 fully saturated rings. The average molecular weight is 214 g/mol. The summed E-state index contributed by atoms with van der Waals surface area (Å²) in [5.41, 5.74) is -0.128. The average Bonchev–Trinajstić information content (AvgIpc) is 2.66. The molecule has 90 valence electrons. The minimum atomic E-state index is -0.279. The summed E-state index contributed by atoms with van der Waals surface area (Å²) in [6.07, 6.45) is 5.18. The highest BCUT2D eigenvalue weighted by molar-refractivity contribution is 4.80. The van der Waals surface area contributed by atoms with Crippen LogP contribution in [0.1, 0.15) is 53.4 Å². The highest BCUT2D eigenvalue weighted by atomic mass is 16.5. The molecule has 0 spiro atoms. The number of ether oxygens (including phenoxy) is 1. The predicted octanol–water partition coefficient (Wildman–Crippen LogP) is 2.99. The highest BCUT2D eigenvalue weighted by Gasteiger charge is 2.31. The summed E-state index contributed by atoms with van der Waals surface area (Å²) in [7, 11) is 0. The lowest BCUT2D eigenvalue weighted by Gasteiger charge is -2.33. The SMILES string of the molecule is CC(C)C(O)C(C)(C)COC1CCCC1. The third kappa shape index (κ3) is 3.76. The number of rotatable bonds is 5. The Hall–Kier alpha value is -0.0800. The Balaban J connectivity index is 2.34. The third-order valence-electron chi connectivity index (χ3n) is 3.43. The molecule has 2 heteroatoms. The maximum atomic E-state index is 10.0. The molecule has 0 saturated heterocycles. The first-order valence-corrected chi connectivity index (χ1v) is 6.23. The second kappa shape index (κ2) is 5.31. The summed E-state index contributed by atoms with van der Waals surface area (Å²) in [5.74, 6) is 0.298. The molecule has 2 nitrogen and oxygen atoms in total. The molecule has 0 aliphatic heterocycles. The summed E-state index contributed by atoms with van der Waals surface area (Å²) >= 11 is 0. The highest BCUT2D eigenvalue weighted by Crippen LogP contribution is 2.29. The Morgan fingerprint density at radius 3 is 2.27 bits per heavy atom. The lowest BCUT2D eigenvalue weighted by Crippen LogP contribution is -2.38. The van der Waals surface area contributed by atoms with Crippen molar-refractivity contribution >= 4 is 0 Å². The van der Waals surface area contributed by atoms with E-state index in [2.05, 4.69) is 27.7 Å². The lowest BCUT2D eigenvalue weighted by molar-refractivity contribution is -0.0658. The zero-order valence-electron chi connectivity index (χ0n) is 10.6. The van der Waals surface area contributed by atoms with E-state index in [0.29, 0.717) is 18.6 Å². The van der Waals surface area contributed by atoms with Gasteiger partial charge in [0.05, 0.1) is 18.8 Å². The van der Waals surface area contributed by atoms with Crippen molar-refractivity contribution < 1.29 is 9.84 Å². The Morgan fingerprint density at radius 2 is 1.80 bits per heavy atom. The van der Waals surface area contributed by atoms with Crippen molar-refractivity contribution in [2.24, 2.45) is 11.3 Å². The van der Waals surface area contributed by atoms with Gasteiger partial charge in [0.1, 0.15) is 0 Å². The van der Waals surface area contributed by atoms with E-state index in [1.165, 1.54) is 25.7 Å². The van der Waals surface area contributed by atoms with Crippen molar-refractivity contribution in [3.63, 3.8) is 0 Å². The quantitative estimate of drug-likeness (QED) is 0.762. The van der Waals surface area contributed by atoms with Crippen LogP contribution in [0.15, 0.2) is 0 Å². The smallest absolute Gasteiger partial charge is 0.0636 e. The summed E-state index contributed by atoms with van der Waals surface area (Å²) < 4.78 is 5.88. The summed E-state index contributed by atoms with van der Waals surface area (Å²) in [6.45, 7) is 8.97. The van der Waals surface area contributed by atoms with Gasteiger partial charge in [-0.05, 0) is 18.8 Å². The molecule has 1 aliphatic carbocycles. The van der Waals surface area contributed by atoms with E-state index in [1.807, 2.05) is 0 Å². The molecular formula is C13H26O2. The van der Waals surface area contributed by atoms with E-state index in [0.717, 1.165) is 0 Å². The predicted molar refractivity (Wildman–Crippen MR) is 62.8 cm³/mol. The van der Waals surface area contributed by atoms with Crippen LogP contribution < -0.4 is 0 Å². The van der Waals surface area contributed by atoms with E-state index in [1.54, 1.807) is 0 Å². The second-order valence-corrected chi connectivity index (χ2v) is 5.89. The molecule has 1 rings (SSSR count). The van der Waals surface area contributed by atoms with E-state index in [9.17, 15) is 5.11 Å². The topological polar surface area (TPSA) is 29.5 Å². The van der Waals surface area contributed by atoms with Crippen molar-refractivity contribution in [3.8, 4) is 0 Å². The van der Waals surface area contributed by atoms with Gasteiger partial charge in [-0.25, -0.2) is 0 Å². The number of hydrogen-bond donors (Lipinski definition) is 1. The van der Waals surface area contributed by atoms with Gasteiger partial charge in [0.15, 0.2) is 0 Å². The number of aliphatic hydroxyl groups excluding tert-OH is 1. The monoisotopic (exact) mass is 214 g/mol. The van der Waals surface area contributed by atoms with Crippen molar-refractivity contribution in [3.05, 3.63) is 0 Å². The van der Waals surface area contributed by atoms with Crippen LogP contribution >= 0.6 is 0 Å². The Bertz CT molecular complexity index is 181. The summed E-state index contributed by atoms with van der Waals surface area (Å²) in [5, 5.41) is 10.0. The molecule has 0 aromatic carbocycles. The van der Waals surface area contributed by atoms with Crippen LogP contribution in [0.5, 0.6) is 0 Å². The molecule has 0 radical (unpaired) electrons. The van der Waals surface area contributed by atoms with Crippen LogP contribution in [0, 0.1) is 11.3 Å². The largest absolute Gasteiger partial charge is 0.392 e. The minimum absolute atomic E-state index is 0.128. The fraction of sp³-hybridized carbons (Fsp3) is 1.00. The fourth-order valence-corrected chi connectivity index (χ4v) is 2.38. The zero-order valence-corrected chi connectivity index (χ0v) is 10.6. The lowest BCUT2D eigenvalue weighted by atomic mass is 9.81. The molecule has 0 bridgehead atoms. The molecule has 1 unspecified atom stereocenters. The Labute approximate surface area is 94.0 Å².